The summed E-state index contributed by atoms with van der Waals surface area (Å²) in [6.45, 7) is 4.60. The van der Waals surface area contributed by atoms with Gasteiger partial charge in [-0.2, -0.15) is 13.2 Å². The summed E-state index contributed by atoms with van der Waals surface area (Å²) >= 11 is 0. The van der Waals surface area contributed by atoms with Crippen molar-refractivity contribution in [3.63, 3.8) is 0 Å². The molecule has 0 aromatic heterocycles. The van der Waals surface area contributed by atoms with Gasteiger partial charge < -0.3 is 10.0 Å². The Morgan fingerprint density at radius 1 is 1.09 bits per heavy atom. The monoisotopic (exact) mass is 331 g/mol. The number of piperidine rings is 1. The van der Waals surface area contributed by atoms with Crippen LogP contribution in [-0.4, -0.2) is 35.0 Å². The summed E-state index contributed by atoms with van der Waals surface area (Å²) < 4.78 is 37.3. The van der Waals surface area contributed by atoms with Crippen molar-refractivity contribution < 1.29 is 27.9 Å². The predicted octanol–water partition coefficient (Wildman–Crippen LogP) is 3.67. The van der Waals surface area contributed by atoms with E-state index >= 15 is 0 Å². The van der Waals surface area contributed by atoms with Crippen molar-refractivity contribution in [1.82, 2.24) is 4.90 Å². The lowest BCUT2D eigenvalue weighted by Crippen LogP contribution is -2.40. The van der Waals surface area contributed by atoms with Gasteiger partial charge in [0.2, 0.25) is 0 Å². The highest BCUT2D eigenvalue weighted by molar-refractivity contribution is 5.94. The van der Waals surface area contributed by atoms with Gasteiger partial charge in [-0.15, -0.1) is 0 Å². The molecule has 1 amide bonds. The molecule has 0 radical (unpaired) electrons. The van der Waals surface area contributed by atoms with Crippen LogP contribution in [0.5, 0.6) is 0 Å². The predicted molar refractivity (Wildman–Crippen MR) is 79.1 cm³/mol. The van der Waals surface area contributed by atoms with E-state index in [0.717, 1.165) is 24.3 Å². The molecule has 1 saturated heterocycles. The molecule has 0 saturated carbocycles. The van der Waals surface area contributed by atoms with Crippen LogP contribution in [0.25, 0.3) is 0 Å². The van der Waals surface area contributed by atoms with Crippen LogP contribution < -0.4 is 0 Å². The normalized spacial score (nSPS) is 15.6. The molecule has 4 nitrogen and oxygen atoms in total. The van der Waals surface area contributed by atoms with Crippen LogP contribution in [0.15, 0.2) is 24.3 Å². The van der Waals surface area contributed by atoms with Gasteiger partial charge in [-0.25, -0.2) is 0 Å². The van der Waals surface area contributed by atoms with Crippen molar-refractivity contribution in [3.05, 3.63) is 35.4 Å². The lowest BCUT2D eigenvalue weighted by Gasteiger charge is -2.30. The maximum absolute atomic E-state index is 12.4. The van der Waals surface area contributed by atoms with Gasteiger partial charge in [0.1, 0.15) is 0 Å². The molecule has 128 valence electrons. The van der Waals surface area contributed by atoms with Crippen molar-refractivity contribution in [2.45, 2.75) is 32.9 Å². The maximum Gasteiger partial charge on any atom is 0.416 e. The smallest absolute Gasteiger partial charge is 0.416 e. The summed E-state index contributed by atoms with van der Waals surface area (Å²) in [6.07, 6.45) is -3.70. The van der Waals surface area contributed by atoms with Gasteiger partial charge in [0.25, 0.3) is 5.91 Å². The van der Waals surface area contributed by atoms with Crippen LogP contribution in [0.1, 0.15) is 42.6 Å². The molecule has 0 bridgehead atoms. The van der Waals surface area contributed by atoms with E-state index < -0.39 is 23.6 Å². The zero-order valence-electron chi connectivity index (χ0n) is 13.1. The highest BCUT2D eigenvalue weighted by atomic mass is 19.4. The maximum atomic E-state index is 12.4. The minimum absolute atomic E-state index is 0.178. The van der Waals surface area contributed by atoms with Gasteiger partial charge >= 0.3 is 12.1 Å². The zero-order chi connectivity index (χ0) is 17.6. The van der Waals surface area contributed by atoms with Crippen molar-refractivity contribution >= 4 is 11.9 Å². The minimum atomic E-state index is -4.43. The first-order valence-electron chi connectivity index (χ1n) is 7.48. The number of carboxylic acid groups (broad SMARTS) is 1. The van der Waals surface area contributed by atoms with Crippen LogP contribution in [0.4, 0.5) is 13.2 Å². The molecule has 0 unspecified atom stereocenters. The molecule has 1 fully saturated rings. The summed E-state index contributed by atoms with van der Waals surface area (Å²) in [5.41, 5.74) is -0.625. The first-order chi connectivity index (χ1) is 10.8. The third-order valence-corrected chi connectivity index (χ3v) is 3.59. The van der Waals surface area contributed by atoms with E-state index in [-0.39, 0.29) is 11.5 Å². The number of carbonyl (C=O) groups excluding carboxylic acids is 1. The number of alkyl halides is 3. The molecule has 0 aliphatic carbocycles. The number of aliphatic carboxylic acids is 1. The Hall–Kier alpha value is -2.05. The Balaban J connectivity index is 0.00000127. The average Bonchev–Trinajstić information content (AvgIpc) is 2.55. The summed E-state index contributed by atoms with van der Waals surface area (Å²) in [7, 11) is 0. The fraction of sp³-hybridized carbons (Fsp3) is 0.500. The van der Waals surface area contributed by atoms with E-state index in [0.29, 0.717) is 25.9 Å². The van der Waals surface area contributed by atoms with Gasteiger partial charge in [0, 0.05) is 18.7 Å². The van der Waals surface area contributed by atoms with E-state index in [1.54, 1.807) is 0 Å². The van der Waals surface area contributed by atoms with Crippen LogP contribution in [-0.2, 0) is 11.0 Å². The van der Waals surface area contributed by atoms with E-state index in [1.165, 1.54) is 4.90 Å². The van der Waals surface area contributed by atoms with Gasteiger partial charge in [0.15, 0.2) is 0 Å². The van der Waals surface area contributed by atoms with Crippen molar-refractivity contribution in [1.29, 1.82) is 0 Å². The highest BCUT2D eigenvalue weighted by Crippen LogP contribution is 2.29. The number of carboxylic acids is 1. The largest absolute Gasteiger partial charge is 0.481 e. The fourth-order valence-corrected chi connectivity index (χ4v) is 2.31. The molecule has 1 aromatic carbocycles. The highest BCUT2D eigenvalue weighted by Gasteiger charge is 2.31. The second-order valence-electron chi connectivity index (χ2n) is 4.98. The summed E-state index contributed by atoms with van der Waals surface area (Å²) in [5, 5.41) is 8.88. The minimum Gasteiger partial charge on any atom is -0.481 e. The Kier molecular flexibility index (Phi) is 6.60. The Labute approximate surface area is 132 Å². The van der Waals surface area contributed by atoms with Crippen LogP contribution in [0.2, 0.25) is 0 Å². The molecule has 23 heavy (non-hydrogen) atoms. The molecule has 1 heterocycles. The fourth-order valence-electron chi connectivity index (χ4n) is 2.31. The van der Waals surface area contributed by atoms with Gasteiger partial charge in [0.05, 0.1) is 11.5 Å². The third-order valence-electron chi connectivity index (χ3n) is 3.59. The second kappa shape index (κ2) is 7.99. The summed E-state index contributed by atoms with van der Waals surface area (Å²) in [6, 6.07) is 4.04. The van der Waals surface area contributed by atoms with Crippen molar-refractivity contribution in [2.24, 2.45) is 5.92 Å². The van der Waals surface area contributed by atoms with Crippen molar-refractivity contribution in [3.8, 4) is 0 Å². The molecule has 1 aromatic rings. The number of hydrogen-bond acceptors (Lipinski definition) is 2. The van der Waals surface area contributed by atoms with Crippen LogP contribution >= 0.6 is 0 Å². The first kappa shape index (κ1) is 19.0. The molecule has 1 aliphatic heterocycles. The molecular formula is C16H20F3NO3. The third kappa shape index (κ3) is 4.97. The number of likely N-dealkylation sites (tertiary alicyclic amines) is 1. The number of halogens is 3. The molecule has 1 aliphatic rings. The van der Waals surface area contributed by atoms with E-state index in [2.05, 4.69) is 0 Å². The molecule has 0 spiro atoms. The number of hydrogen-bond donors (Lipinski definition) is 1. The van der Waals surface area contributed by atoms with Gasteiger partial charge in [-0.3, -0.25) is 9.59 Å². The van der Waals surface area contributed by atoms with Crippen molar-refractivity contribution in [2.75, 3.05) is 13.1 Å². The second-order valence-corrected chi connectivity index (χ2v) is 4.98. The molecule has 1 N–H and O–H groups in total. The van der Waals surface area contributed by atoms with Crippen LogP contribution in [0, 0.1) is 5.92 Å². The zero-order valence-corrected chi connectivity index (χ0v) is 13.1. The lowest BCUT2D eigenvalue weighted by atomic mass is 9.96. The van der Waals surface area contributed by atoms with E-state index in [4.69, 9.17) is 5.11 Å². The molecular weight excluding hydrogens is 311 g/mol. The summed E-state index contributed by atoms with van der Waals surface area (Å²) in [5.74, 6) is -1.70. The quantitative estimate of drug-likeness (QED) is 0.899. The number of nitrogens with zero attached hydrogens (tertiary/aromatic N) is 1. The topological polar surface area (TPSA) is 57.6 Å². The Morgan fingerprint density at radius 3 is 1.96 bits per heavy atom. The number of benzene rings is 1. The standard InChI is InChI=1S/C14H14F3NO3.C2H6/c15-14(16,17)11-3-1-9(2-4-11)12(19)18-7-5-10(6-8-18)13(20)21;1-2/h1-4,10H,5-8H2,(H,20,21);1-2H3. The SMILES string of the molecule is CC.O=C(O)C1CCN(C(=O)c2ccc(C(F)(F)F)cc2)CC1. The van der Waals surface area contributed by atoms with E-state index in [9.17, 15) is 22.8 Å². The summed E-state index contributed by atoms with van der Waals surface area (Å²) in [4.78, 5) is 24.4. The van der Waals surface area contributed by atoms with Crippen LogP contribution in [0.3, 0.4) is 0 Å². The lowest BCUT2D eigenvalue weighted by molar-refractivity contribution is -0.143. The number of rotatable bonds is 2. The molecule has 2 rings (SSSR count). The first-order valence-corrected chi connectivity index (χ1v) is 7.48. The number of amides is 1. The van der Waals surface area contributed by atoms with Gasteiger partial charge in [-0.1, -0.05) is 13.8 Å². The number of carbonyl (C=O) groups is 2. The van der Waals surface area contributed by atoms with E-state index in [1.807, 2.05) is 13.8 Å². The average molecular weight is 331 g/mol. The van der Waals surface area contributed by atoms with Gasteiger partial charge in [-0.05, 0) is 37.1 Å². The molecule has 7 heteroatoms. The Morgan fingerprint density at radius 2 is 1.57 bits per heavy atom. The molecule has 0 atom stereocenters. The Bertz CT molecular complexity index is 532.